The standard InChI is InChI=1S/C16H25N3S/c1-12-18-14(10-20-12)8-19-9-15(13-4-5-13)17-11-16(19)6-2-3-7-16/h10,13,15,17H,2-9,11H2,1H3. The summed E-state index contributed by atoms with van der Waals surface area (Å²) in [5, 5.41) is 7.33. The van der Waals surface area contributed by atoms with Gasteiger partial charge in [-0.15, -0.1) is 11.3 Å². The van der Waals surface area contributed by atoms with Gasteiger partial charge in [0.1, 0.15) is 0 Å². The molecular weight excluding hydrogens is 266 g/mol. The van der Waals surface area contributed by atoms with Crippen LogP contribution in [0.4, 0.5) is 0 Å². The highest BCUT2D eigenvalue weighted by Crippen LogP contribution is 2.41. The monoisotopic (exact) mass is 291 g/mol. The van der Waals surface area contributed by atoms with Gasteiger partial charge in [0.05, 0.1) is 10.7 Å². The highest BCUT2D eigenvalue weighted by molar-refractivity contribution is 7.09. The SMILES string of the molecule is Cc1nc(CN2CC(C3CC3)NCC23CCCC3)cs1. The van der Waals surface area contributed by atoms with E-state index in [0.717, 1.165) is 18.5 Å². The largest absolute Gasteiger partial charge is 0.311 e. The Kier molecular flexibility index (Phi) is 3.36. The lowest BCUT2D eigenvalue weighted by Crippen LogP contribution is -2.63. The summed E-state index contributed by atoms with van der Waals surface area (Å²) < 4.78 is 0. The third kappa shape index (κ3) is 2.42. The highest BCUT2D eigenvalue weighted by atomic mass is 32.1. The smallest absolute Gasteiger partial charge is 0.0897 e. The third-order valence-electron chi connectivity index (χ3n) is 5.53. The average molecular weight is 291 g/mol. The number of nitrogens with zero attached hydrogens (tertiary/aromatic N) is 2. The Morgan fingerprint density at radius 1 is 1.40 bits per heavy atom. The van der Waals surface area contributed by atoms with Crippen molar-refractivity contribution in [2.75, 3.05) is 13.1 Å². The lowest BCUT2D eigenvalue weighted by Gasteiger charge is -2.48. The molecule has 110 valence electrons. The molecule has 1 N–H and O–H groups in total. The Morgan fingerprint density at radius 2 is 2.20 bits per heavy atom. The molecule has 3 nitrogen and oxygen atoms in total. The predicted molar refractivity (Wildman–Crippen MR) is 83.0 cm³/mol. The summed E-state index contributed by atoms with van der Waals surface area (Å²) >= 11 is 1.79. The maximum atomic E-state index is 4.70. The van der Waals surface area contributed by atoms with Crippen LogP contribution in [0.5, 0.6) is 0 Å². The minimum Gasteiger partial charge on any atom is -0.311 e. The van der Waals surface area contributed by atoms with Gasteiger partial charge in [-0.2, -0.15) is 0 Å². The Bertz CT molecular complexity index is 474. The van der Waals surface area contributed by atoms with Crippen LogP contribution in [0.1, 0.15) is 49.2 Å². The Morgan fingerprint density at radius 3 is 2.85 bits per heavy atom. The van der Waals surface area contributed by atoms with Crippen LogP contribution >= 0.6 is 11.3 Å². The second-order valence-electron chi connectivity index (χ2n) is 6.99. The first-order valence-corrected chi connectivity index (χ1v) is 9.03. The highest BCUT2D eigenvalue weighted by Gasteiger charge is 2.46. The zero-order valence-corrected chi connectivity index (χ0v) is 13.2. The molecule has 2 heterocycles. The topological polar surface area (TPSA) is 28.2 Å². The Hall–Kier alpha value is -0.450. The molecule has 0 aromatic carbocycles. The number of piperazine rings is 1. The molecule has 0 amide bonds. The van der Waals surface area contributed by atoms with Crippen LogP contribution in [0, 0.1) is 12.8 Å². The molecule has 1 atom stereocenters. The summed E-state index contributed by atoms with van der Waals surface area (Å²) in [5.74, 6) is 0.952. The van der Waals surface area contributed by atoms with Gasteiger partial charge in [0.25, 0.3) is 0 Å². The van der Waals surface area contributed by atoms with Crippen LogP contribution in [-0.4, -0.2) is 34.6 Å². The van der Waals surface area contributed by atoms with Crippen LogP contribution in [0.2, 0.25) is 0 Å². The molecule has 0 bridgehead atoms. The van der Waals surface area contributed by atoms with Gasteiger partial charge in [0.2, 0.25) is 0 Å². The second-order valence-corrected chi connectivity index (χ2v) is 8.06. The third-order valence-corrected chi connectivity index (χ3v) is 6.35. The molecule has 4 heteroatoms. The lowest BCUT2D eigenvalue weighted by molar-refractivity contribution is 0.0302. The molecule has 1 aromatic heterocycles. The van der Waals surface area contributed by atoms with Crippen molar-refractivity contribution in [1.82, 2.24) is 15.2 Å². The molecule has 4 rings (SSSR count). The number of rotatable bonds is 3. The molecule has 1 saturated heterocycles. The van der Waals surface area contributed by atoms with Gasteiger partial charge in [-0.25, -0.2) is 4.98 Å². The summed E-state index contributed by atoms with van der Waals surface area (Å²) in [6, 6.07) is 0.737. The first kappa shape index (κ1) is 13.2. The van der Waals surface area contributed by atoms with E-state index in [1.165, 1.54) is 62.3 Å². The van der Waals surface area contributed by atoms with Crippen molar-refractivity contribution in [3.05, 3.63) is 16.1 Å². The molecular formula is C16H25N3S. The van der Waals surface area contributed by atoms with Crippen molar-refractivity contribution in [1.29, 1.82) is 0 Å². The van der Waals surface area contributed by atoms with Crippen LogP contribution in [0.15, 0.2) is 5.38 Å². The van der Waals surface area contributed by atoms with Gasteiger partial charge in [0.15, 0.2) is 0 Å². The van der Waals surface area contributed by atoms with E-state index in [-0.39, 0.29) is 0 Å². The van der Waals surface area contributed by atoms with Crippen molar-refractivity contribution < 1.29 is 0 Å². The van der Waals surface area contributed by atoms with E-state index >= 15 is 0 Å². The first-order chi connectivity index (χ1) is 9.75. The second kappa shape index (κ2) is 5.08. The van der Waals surface area contributed by atoms with E-state index in [9.17, 15) is 0 Å². The van der Waals surface area contributed by atoms with Gasteiger partial charge in [0, 0.05) is 36.6 Å². The average Bonchev–Trinajstić information content (AvgIpc) is 3.05. The molecule has 3 fully saturated rings. The molecule has 1 aliphatic heterocycles. The van der Waals surface area contributed by atoms with E-state index in [4.69, 9.17) is 4.98 Å². The van der Waals surface area contributed by atoms with E-state index in [1.54, 1.807) is 11.3 Å². The van der Waals surface area contributed by atoms with Gasteiger partial charge < -0.3 is 5.32 Å². The number of aromatic nitrogens is 1. The van der Waals surface area contributed by atoms with Crippen molar-refractivity contribution in [3.63, 3.8) is 0 Å². The van der Waals surface area contributed by atoms with E-state index < -0.39 is 0 Å². The molecule has 20 heavy (non-hydrogen) atoms. The van der Waals surface area contributed by atoms with Crippen molar-refractivity contribution in [2.24, 2.45) is 5.92 Å². The summed E-state index contributed by atoms with van der Waals surface area (Å²) in [7, 11) is 0. The van der Waals surface area contributed by atoms with Gasteiger partial charge in [-0.05, 0) is 38.5 Å². The van der Waals surface area contributed by atoms with Crippen molar-refractivity contribution in [2.45, 2.75) is 63.6 Å². The fourth-order valence-electron chi connectivity index (χ4n) is 4.18. The number of hydrogen-bond acceptors (Lipinski definition) is 4. The summed E-state index contributed by atoms with van der Waals surface area (Å²) in [4.78, 5) is 7.49. The van der Waals surface area contributed by atoms with E-state index in [1.807, 2.05) is 0 Å². The van der Waals surface area contributed by atoms with E-state index in [0.29, 0.717) is 5.54 Å². The molecule has 2 aliphatic carbocycles. The van der Waals surface area contributed by atoms with Crippen LogP contribution in [0.3, 0.4) is 0 Å². The van der Waals surface area contributed by atoms with Crippen LogP contribution in [-0.2, 0) is 6.54 Å². The predicted octanol–water partition coefficient (Wildman–Crippen LogP) is 2.95. The van der Waals surface area contributed by atoms with Gasteiger partial charge in [-0.1, -0.05) is 12.8 Å². The van der Waals surface area contributed by atoms with Crippen molar-refractivity contribution in [3.8, 4) is 0 Å². The summed E-state index contributed by atoms with van der Waals surface area (Å²) in [6.45, 7) is 5.62. The summed E-state index contributed by atoms with van der Waals surface area (Å²) in [5.41, 5.74) is 1.72. The lowest BCUT2D eigenvalue weighted by atomic mass is 9.89. The van der Waals surface area contributed by atoms with Gasteiger partial charge in [-0.3, -0.25) is 4.90 Å². The minimum absolute atomic E-state index is 0.433. The minimum atomic E-state index is 0.433. The molecule has 1 spiro atoms. The summed E-state index contributed by atoms with van der Waals surface area (Å²) in [6.07, 6.45) is 8.44. The molecule has 3 aliphatic rings. The zero-order valence-electron chi connectivity index (χ0n) is 12.4. The van der Waals surface area contributed by atoms with Crippen molar-refractivity contribution >= 4 is 11.3 Å². The number of nitrogens with one attached hydrogen (secondary N) is 1. The molecule has 0 radical (unpaired) electrons. The van der Waals surface area contributed by atoms with Crippen LogP contribution < -0.4 is 5.32 Å². The quantitative estimate of drug-likeness (QED) is 0.928. The number of hydrogen-bond donors (Lipinski definition) is 1. The number of aryl methyl sites for hydroxylation is 1. The number of thiazole rings is 1. The normalized spacial score (nSPS) is 30.1. The first-order valence-electron chi connectivity index (χ1n) is 8.15. The Labute approximate surface area is 125 Å². The maximum absolute atomic E-state index is 4.70. The fraction of sp³-hybridized carbons (Fsp3) is 0.812. The molecule has 2 saturated carbocycles. The molecule has 1 unspecified atom stereocenters. The van der Waals surface area contributed by atoms with Gasteiger partial charge >= 0.3 is 0 Å². The zero-order chi connectivity index (χ0) is 13.6. The van der Waals surface area contributed by atoms with Crippen LogP contribution in [0.25, 0.3) is 0 Å². The Balaban J connectivity index is 1.53. The van der Waals surface area contributed by atoms with E-state index in [2.05, 4.69) is 22.5 Å². The maximum Gasteiger partial charge on any atom is 0.0897 e. The fourth-order valence-corrected chi connectivity index (χ4v) is 4.78. The molecule has 1 aromatic rings.